The molecule has 0 spiro atoms. The van der Waals surface area contributed by atoms with Gasteiger partial charge >= 0.3 is 0 Å². The molecule has 5 nitrogen and oxygen atoms in total. The highest BCUT2D eigenvalue weighted by Crippen LogP contribution is 2.24. The zero-order chi connectivity index (χ0) is 17.6. The number of carbonyl (C=O) groups is 1. The molecule has 5 heteroatoms. The van der Waals surface area contributed by atoms with Crippen molar-refractivity contribution in [1.29, 1.82) is 0 Å². The lowest BCUT2D eigenvalue weighted by Gasteiger charge is -2.07. The number of nitrogens with one attached hydrogen (secondary N) is 1. The van der Waals surface area contributed by atoms with Gasteiger partial charge in [0.05, 0.1) is 7.11 Å². The van der Waals surface area contributed by atoms with Gasteiger partial charge < -0.3 is 14.8 Å². The molecule has 0 atom stereocenters. The second-order valence-electron chi connectivity index (χ2n) is 5.57. The third kappa shape index (κ3) is 4.07. The van der Waals surface area contributed by atoms with Gasteiger partial charge in [-0.15, -0.1) is 0 Å². The molecule has 1 N–H and O–H groups in total. The monoisotopic (exact) mass is 336 g/mol. The molecule has 0 radical (unpaired) electrons. The highest BCUT2D eigenvalue weighted by molar-refractivity contribution is 6.14. The van der Waals surface area contributed by atoms with Gasteiger partial charge in [-0.05, 0) is 42.3 Å². The maximum Gasteiger partial charge on any atom is 0.275 e. The van der Waals surface area contributed by atoms with Crippen LogP contribution in [0.15, 0.2) is 59.2 Å². The van der Waals surface area contributed by atoms with E-state index in [1.54, 1.807) is 13.2 Å². The Morgan fingerprint density at radius 2 is 1.96 bits per heavy atom. The first-order chi connectivity index (χ1) is 12.2. The molecule has 2 aromatic carbocycles. The standard InChI is InChI=1S/C20H20N2O3/c1-3-14-9-10-18(24-2)15(11-14)12-17-20(23)22-19(21-17)13-25-16-7-5-4-6-8-16/h4-12H,3,13H2,1-2H3,(H,21,22,23)/b17-12+. The molecule has 0 unspecified atom stereocenters. The van der Waals surface area contributed by atoms with Crippen LogP contribution in [0.4, 0.5) is 0 Å². The van der Waals surface area contributed by atoms with E-state index in [2.05, 4.69) is 17.2 Å². The quantitative estimate of drug-likeness (QED) is 0.824. The Bertz CT molecular complexity index is 826. The van der Waals surface area contributed by atoms with E-state index in [9.17, 15) is 4.79 Å². The molecular formula is C20H20N2O3. The highest BCUT2D eigenvalue weighted by Gasteiger charge is 2.21. The van der Waals surface area contributed by atoms with Crippen LogP contribution in [-0.4, -0.2) is 25.5 Å². The summed E-state index contributed by atoms with van der Waals surface area (Å²) in [5, 5.41) is 2.74. The predicted molar refractivity (Wildman–Crippen MR) is 97.9 cm³/mol. The summed E-state index contributed by atoms with van der Waals surface area (Å²) >= 11 is 0. The van der Waals surface area contributed by atoms with E-state index < -0.39 is 0 Å². The van der Waals surface area contributed by atoms with E-state index >= 15 is 0 Å². The number of amides is 1. The molecule has 3 rings (SSSR count). The summed E-state index contributed by atoms with van der Waals surface area (Å²) in [5.74, 6) is 1.69. The maximum absolute atomic E-state index is 12.2. The maximum atomic E-state index is 12.2. The van der Waals surface area contributed by atoms with E-state index in [1.807, 2.05) is 48.5 Å². The van der Waals surface area contributed by atoms with Crippen molar-refractivity contribution in [3.63, 3.8) is 0 Å². The second-order valence-corrected chi connectivity index (χ2v) is 5.57. The molecule has 1 heterocycles. The molecule has 2 aromatic rings. The highest BCUT2D eigenvalue weighted by atomic mass is 16.5. The Labute approximate surface area is 147 Å². The summed E-state index contributed by atoms with van der Waals surface area (Å²) in [5.41, 5.74) is 2.35. The van der Waals surface area contributed by atoms with E-state index in [0.29, 0.717) is 17.3 Å². The first-order valence-electron chi connectivity index (χ1n) is 8.15. The number of benzene rings is 2. The zero-order valence-electron chi connectivity index (χ0n) is 14.3. The molecule has 0 aromatic heterocycles. The van der Waals surface area contributed by atoms with Crippen molar-refractivity contribution in [2.24, 2.45) is 4.99 Å². The fraction of sp³-hybridized carbons (Fsp3) is 0.200. The van der Waals surface area contributed by atoms with Crippen molar-refractivity contribution in [2.75, 3.05) is 13.7 Å². The molecule has 25 heavy (non-hydrogen) atoms. The van der Waals surface area contributed by atoms with E-state index in [1.165, 1.54) is 5.56 Å². The molecule has 0 aliphatic carbocycles. The summed E-state index contributed by atoms with van der Waals surface area (Å²) in [6.45, 7) is 2.29. The molecule has 128 valence electrons. The van der Waals surface area contributed by atoms with E-state index in [0.717, 1.165) is 17.7 Å². The predicted octanol–water partition coefficient (Wildman–Crippen LogP) is 3.21. The molecule has 1 aliphatic rings. The first kappa shape index (κ1) is 16.8. The van der Waals surface area contributed by atoms with Gasteiger partial charge in [0.2, 0.25) is 0 Å². The minimum Gasteiger partial charge on any atom is -0.496 e. The average molecular weight is 336 g/mol. The topological polar surface area (TPSA) is 59.9 Å². The lowest BCUT2D eigenvalue weighted by Crippen LogP contribution is -2.28. The van der Waals surface area contributed by atoms with Gasteiger partial charge in [0.1, 0.15) is 29.6 Å². The average Bonchev–Trinajstić information content (AvgIpc) is 3.00. The summed E-state index contributed by atoms with van der Waals surface area (Å²) < 4.78 is 11.0. The number of hydrogen-bond acceptors (Lipinski definition) is 4. The molecule has 0 saturated heterocycles. The van der Waals surface area contributed by atoms with Gasteiger partial charge in [-0.25, -0.2) is 4.99 Å². The van der Waals surface area contributed by atoms with Gasteiger partial charge in [0, 0.05) is 5.56 Å². The molecule has 0 fully saturated rings. The summed E-state index contributed by atoms with van der Waals surface area (Å²) in [6, 6.07) is 15.3. The smallest absolute Gasteiger partial charge is 0.275 e. The number of nitrogens with zero attached hydrogens (tertiary/aromatic N) is 1. The zero-order valence-corrected chi connectivity index (χ0v) is 14.3. The van der Waals surface area contributed by atoms with E-state index in [-0.39, 0.29) is 12.5 Å². The molecule has 1 aliphatic heterocycles. The van der Waals surface area contributed by atoms with Crippen molar-refractivity contribution in [1.82, 2.24) is 5.32 Å². The number of carbonyl (C=O) groups excluding carboxylic acids is 1. The molecule has 1 amide bonds. The van der Waals surface area contributed by atoms with Gasteiger partial charge in [-0.1, -0.05) is 31.2 Å². The van der Waals surface area contributed by atoms with Gasteiger partial charge in [0.15, 0.2) is 0 Å². The van der Waals surface area contributed by atoms with Crippen LogP contribution in [-0.2, 0) is 11.2 Å². The SMILES string of the molecule is CCc1ccc(OC)c(/C=C2/N=C(COc3ccccc3)NC2=O)c1. The summed E-state index contributed by atoms with van der Waals surface area (Å²) in [7, 11) is 1.61. The van der Waals surface area contributed by atoms with E-state index in [4.69, 9.17) is 9.47 Å². The van der Waals surface area contributed by atoms with Gasteiger partial charge in [-0.2, -0.15) is 0 Å². The molecule has 0 bridgehead atoms. The van der Waals surface area contributed by atoms with Crippen LogP contribution in [0, 0.1) is 0 Å². The van der Waals surface area contributed by atoms with Crippen molar-refractivity contribution in [3.8, 4) is 11.5 Å². The Morgan fingerprint density at radius 1 is 1.16 bits per heavy atom. The number of ether oxygens (including phenoxy) is 2. The van der Waals surface area contributed by atoms with Crippen molar-refractivity contribution < 1.29 is 14.3 Å². The first-order valence-corrected chi connectivity index (χ1v) is 8.15. The Balaban J connectivity index is 1.79. The largest absolute Gasteiger partial charge is 0.496 e. The third-order valence-electron chi connectivity index (χ3n) is 3.86. The number of aliphatic imine (C=N–C) groups is 1. The molecular weight excluding hydrogens is 316 g/mol. The minimum atomic E-state index is -0.240. The van der Waals surface area contributed by atoms with Gasteiger partial charge in [-0.3, -0.25) is 4.79 Å². The number of hydrogen-bond donors (Lipinski definition) is 1. The number of methoxy groups -OCH3 is 1. The van der Waals surface area contributed by atoms with Crippen LogP contribution in [0.5, 0.6) is 11.5 Å². The lowest BCUT2D eigenvalue weighted by atomic mass is 10.1. The van der Waals surface area contributed by atoms with Crippen LogP contribution >= 0.6 is 0 Å². The number of amidine groups is 1. The number of para-hydroxylation sites is 1. The summed E-state index contributed by atoms with van der Waals surface area (Å²) in [6.07, 6.45) is 2.65. The van der Waals surface area contributed by atoms with Crippen molar-refractivity contribution in [3.05, 3.63) is 65.4 Å². The Kier molecular flexibility index (Phi) is 5.14. The van der Waals surface area contributed by atoms with Crippen LogP contribution in [0.2, 0.25) is 0 Å². The van der Waals surface area contributed by atoms with Crippen LogP contribution < -0.4 is 14.8 Å². The second kappa shape index (κ2) is 7.66. The van der Waals surface area contributed by atoms with Crippen LogP contribution in [0.1, 0.15) is 18.1 Å². The normalized spacial score (nSPS) is 15.0. The lowest BCUT2D eigenvalue weighted by molar-refractivity contribution is -0.115. The number of rotatable bonds is 6. The van der Waals surface area contributed by atoms with Crippen LogP contribution in [0.25, 0.3) is 6.08 Å². The summed E-state index contributed by atoms with van der Waals surface area (Å²) in [4.78, 5) is 16.5. The van der Waals surface area contributed by atoms with Crippen LogP contribution in [0.3, 0.4) is 0 Å². The van der Waals surface area contributed by atoms with Crippen molar-refractivity contribution >= 4 is 17.8 Å². The molecule has 0 saturated carbocycles. The fourth-order valence-electron chi connectivity index (χ4n) is 2.52. The third-order valence-corrected chi connectivity index (χ3v) is 3.86. The minimum absolute atomic E-state index is 0.208. The van der Waals surface area contributed by atoms with Crippen molar-refractivity contribution in [2.45, 2.75) is 13.3 Å². The Hall–Kier alpha value is -3.08. The Morgan fingerprint density at radius 3 is 2.68 bits per heavy atom. The van der Waals surface area contributed by atoms with Gasteiger partial charge in [0.25, 0.3) is 5.91 Å². The fourth-order valence-corrected chi connectivity index (χ4v) is 2.52. The number of aryl methyl sites for hydroxylation is 1.